The predicted molar refractivity (Wildman–Crippen MR) is 54.8 cm³/mol. The first-order chi connectivity index (χ1) is 7.11. The molecule has 2 rings (SSSR count). The van der Waals surface area contributed by atoms with Crippen LogP contribution in [0, 0.1) is 5.92 Å². The maximum absolute atomic E-state index is 11.2. The van der Waals surface area contributed by atoms with Crippen LogP contribution < -0.4 is 0 Å². The third-order valence-electron chi connectivity index (χ3n) is 3.07. The lowest BCUT2D eigenvalue weighted by molar-refractivity contribution is -0.140. The van der Waals surface area contributed by atoms with E-state index in [0.29, 0.717) is 12.1 Å². The molecule has 0 bridgehead atoms. The van der Waals surface area contributed by atoms with Crippen molar-refractivity contribution in [2.24, 2.45) is 5.92 Å². The van der Waals surface area contributed by atoms with E-state index in [4.69, 9.17) is 11.6 Å². The Morgan fingerprint density at radius 3 is 2.80 bits per heavy atom. The fourth-order valence-electron chi connectivity index (χ4n) is 2.06. The Morgan fingerprint density at radius 1 is 1.67 bits per heavy atom. The summed E-state index contributed by atoms with van der Waals surface area (Å²) in [6.45, 7) is 1.98. The molecule has 1 aliphatic carbocycles. The van der Waals surface area contributed by atoms with Crippen molar-refractivity contribution in [3.63, 3.8) is 0 Å². The fourth-order valence-corrected chi connectivity index (χ4v) is 2.16. The Bertz CT molecular complexity index is 393. The van der Waals surface area contributed by atoms with Gasteiger partial charge in [0, 0.05) is 0 Å². The minimum atomic E-state index is -0.814. The number of carboxylic acids is 1. The molecule has 1 fully saturated rings. The van der Waals surface area contributed by atoms with E-state index in [9.17, 15) is 9.90 Å². The molecular weight excluding hydrogens is 216 g/mol. The van der Waals surface area contributed by atoms with Gasteiger partial charge in [-0.1, -0.05) is 24.9 Å². The molecule has 2 unspecified atom stereocenters. The van der Waals surface area contributed by atoms with E-state index < -0.39 is 11.4 Å². The van der Waals surface area contributed by atoms with Gasteiger partial charge in [0.05, 0.1) is 5.69 Å². The molecule has 0 aromatic carbocycles. The summed E-state index contributed by atoms with van der Waals surface area (Å²) in [7, 11) is 0. The number of nitrogens with zero attached hydrogens (tertiary/aromatic N) is 2. The summed E-state index contributed by atoms with van der Waals surface area (Å²) in [6, 6.07) is 3.23. The van der Waals surface area contributed by atoms with Crippen molar-refractivity contribution in [1.82, 2.24) is 10.2 Å². The average Bonchev–Trinajstić information content (AvgIpc) is 2.94. The van der Waals surface area contributed by atoms with Crippen LogP contribution in [-0.4, -0.2) is 21.3 Å². The Hall–Kier alpha value is -1.16. The standard InChI is InChI=1S/C10H11ClN2O2/c1-2-6-5-10(6,9(14)15)7-3-4-8(11)13-12-7/h3-4,6H,2,5H2,1H3,(H,14,15). The Morgan fingerprint density at radius 2 is 2.40 bits per heavy atom. The first kappa shape index (κ1) is 10.4. The number of carboxylic acid groups (broad SMARTS) is 1. The van der Waals surface area contributed by atoms with Gasteiger partial charge >= 0.3 is 5.97 Å². The van der Waals surface area contributed by atoms with Gasteiger partial charge in [0.25, 0.3) is 0 Å². The van der Waals surface area contributed by atoms with Crippen molar-refractivity contribution in [2.75, 3.05) is 0 Å². The highest BCUT2D eigenvalue weighted by Crippen LogP contribution is 2.55. The predicted octanol–water partition coefficient (Wildman–Crippen LogP) is 1.88. The van der Waals surface area contributed by atoms with Gasteiger partial charge in [-0.15, -0.1) is 5.10 Å². The molecule has 4 nitrogen and oxygen atoms in total. The second kappa shape index (κ2) is 3.45. The normalized spacial score (nSPS) is 28.8. The molecule has 1 saturated carbocycles. The van der Waals surface area contributed by atoms with Crippen molar-refractivity contribution in [3.8, 4) is 0 Å². The van der Waals surface area contributed by atoms with Crippen molar-refractivity contribution < 1.29 is 9.90 Å². The highest BCUT2D eigenvalue weighted by molar-refractivity contribution is 6.29. The number of hydrogen-bond acceptors (Lipinski definition) is 3. The van der Waals surface area contributed by atoms with Crippen molar-refractivity contribution in [2.45, 2.75) is 25.2 Å². The minimum Gasteiger partial charge on any atom is -0.481 e. The zero-order valence-electron chi connectivity index (χ0n) is 8.27. The SMILES string of the molecule is CCC1CC1(C(=O)O)c1ccc(Cl)nn1. The molecule has 1 aromatic rings. The lowest BCUT2D eigenvalue weighted by Gasteiger charge is -2.09. The van der Waals surface area contributed by atoms with E-state index in [1.165, 1.54) is 0 Å². The van der Waals surface area contributed by atoms with Crippen molar-refractivity contribution >= 4 is 17.6 Å². The van der Waals surface area contributed by atoms with Crippen LogP contribution in [0.25, 0.3) is 0 Å². The number of rotatable bonds is 3. The number of hydrogen-bond donors (Lipinski definition) is 1. The lowest BCUT2D eigenvalue weighted by atomic mass is 9.98. The van der Waals surface area contributed by atoms with Crippen LogP contribution in [0.1, 0.15) is 25.5 Å². The Kier molecular flexibility index (Phi) is 2.38. The summed E-state index contributed by atoms with van der Waals surface area (Å²) in [5.74, 6) is -0.642. The van der Waals surface area contributed by atoms with E-state index >= 15 is 0 Å². The molecule has 15 heavy (non-hydrogen) atoms. The Balaban J connectivity index is 2.36. The molecule has 5 heteroatoms. The maximum atomic E-state index is 11.2. The van der Waals surface area contributed by atoms with E-state index in [1.54, 1.807) is 12.1 Å². The monoisotopic (exact) mass is 226 g/mol. The molecule has 0 radical (unpaired) electrons. The third-order valence-corrected chi connectivity index (χ3v) is 3.27. The van der Waals surface area contributed by atoms with Gasteiger partial charge in [0.2, 0.25) is 0 Å². The van der Waals surface area contributed by atoms with Gasteiger partial charge in [-0.3, -0.25) is 4.79 Å². The van der Waals surface area contributed by atoms with Gasteiger partial charge in [-0.2, -0.15) is 5.10 Å². The first-order valence-corrected chi connectivity index (χ1v) is 5.22. The number of halogens is 1. The van der Waals surface area contributed by atoms with Gasteiger partial charge < -0.3 is 5.11 Å². The summed E-state index contributed by atoms with van der Waals surface area (Å²) in [6.07, 6.45) is 1.49. The number of aromatic nitrogens is 2. The van der Waals surface area contributed by atoms with Crippen LogP contribution in [0.2, 0.25) is 5.15 Å². The molecule has 0 spiro atoms. The summed E-state index contributed by atoms with van der Waals surface area (Å²) in [5.41, 5.74) is -0.293. The number of aliphatic carboxylic acids is 1. The van der Waals surface area contributed by atoms with Gasteiger partial charge in [0.15, 0.2) is 5.15 Å². The molecule has 0 amide bonds. The summed E-state index contributed by atoms with van der Waals surface area (Å²) < 4.78 is 0. The van der Waals surface area contributed by atoms with Crippen LogP contribution in [-0.2, 0) is 10.2 Å². The van der Waals surface area contributed by atoms with Crippen LogP contribution in [0.5, 0.6) is 0 Å². The van der Waals surface area contributed by atoms with E-state index in [0.717, 1.165) is 6.42 Å². The van der Waals surface area contributed by atoms with Gasteiger partial charge in [-0.05, 0) is 24.5 Å². The summed E-state index contributed by atoms with van der Waals surface area (Å²) in [4.78, 5) is 11.2. The third kappa shape index (κ3) is 1.49. The maximum Gasteiger partial charge on any atom is 0.316 e. The Labute approximate surface area is 92.3 Å². The van der Waals surface area contributed by atoms with Gasteiger partial charge in [-0.25, -0.2) is 0 Å². The molecule has 1 aliphatic rings. The van der Waals surface area contributed by atoms with E-state index in [-0.39, 0.29) is 11.1 Å². The minimum absolute atomic E-state index is 0.172. The molecule has 80 valence electrons. The van der Waals surface area contributed by atoms with Crippen LogP contribution >= 0.6 is 11.6 Å². The zero-order valence-corrected chi connectivity index (χ0v) is 9.03. The second-order valence-electron chi connectivity index (χ2n) is 3.83. The molecule has 1 N–H and O–H groups in total. The van der Waals surface area contributed by atoms with Gasteiger partial charge in [0.1, 0.15) is 5.41 Å². The van der Waals surface area contributed by atoms with Crippen LogP contribution in [0.15, 0.2) is 12.1 Å². The summed E-state index contributed by atoms with van der Waals surface area (Å²) >= 11 is 5.61. The first-order valence-electron chi connectivity index (χ1n) is 4.84. The highest BCUT2D eigenvalue weighted by Gasteiger charge is 2.61. The quantitative estimate of drug-likeness (QED) is 0.855. The van der Waals surface area contributed by atoms with Crippen molar-refractivity contribution in [1.29, 1.82) is 0 Å². The molecular formula is C10H11ClN2O2. The molecule has 1 aromatic heterocycles. The molecule has 1 heterocycles. The summed E-state index contributed by atoms with van der Waals surface area (Å²) in [5, 5.41) is 17.1. The second-order valence-corrected chi connectivity index (χ2v) is 4.21. The van der Waals surface area contributed by atoms with Crippen molar-refractivity contribution in [3.05, 3.63) is 23.0 Å². The largest absolute Gasteiger partial charge is 0.481 e. The number of carbonyl (C=O) groups is 1. The van der Waals surface area contributed by atoms with E-state index in [1.807, 2.05) is 6.92 Å². The molecule has 0 aliphatic heterocycles. The topological polar surface area (TPSA) is 63.1 Å². The zero-order chi connectivity index (χ0) is 11.1. The highest BCUT2D eigenvalue weighted by atomic mass is 35.5. The van der Waals surface area contributed by atoms with Crippen LogP contribution in [0.3, 0.4) is 0 Å². The average molecular weight is 227 g/mol. The lowest BCUT2D eigenvalue weighted by Crippen LogP contribution is -2.24. The van der Waals surface area contributed by atoms with E-state index in [2.05, 4.69) is 10.2 Å². The fraction of sp³-hybridized carbons (Fsp3) is 0.500. The smallest absolute Gasteiger partial charge is 0.316 e. The molecule has 2 atom stereocenters. The molecule has 0 saturated heterocycles. The van der Waals surface area contributed by atoms with Crippen LogP contribution in [0.4, 0.5) is 0 Å².